The van der Waals surface area contributed by atoms with Crippen molar-refractivity contribution in [2.45, 2.75) is 25.9 Å². The summed E-state index contributed by atoms with van der Waals surface area (Å²) in [4.78, 5) is 15.9. The summed E-state index contributed by atoms with van der Waals surface area (Å²) in [6, 6.07) is 4.62. The number of amides is 1. The molecule has 1 aliphatic heterocycles. The molecule has 146 valence electrons. The largest absolute Gasteiger partial charge is 0.494 e. The summed E-state index contributed by atoms with van der Waals surface area (Å²) in [7, 11) is -1.69. The Morgan fingerprint density at radius 1 is 1.33 bits per heavy atom. The van der Waals surface area contributed by atoms with Crippen molar-refractivity contribution in [3.05, 3.63) is 49.6 Å². The monoisotopic (exact) mass is 447 g/mol. The number of halogens is 2. The molecule has 9 heteroatoms. The van der Waals surface area contributed by atoms with Gasteiger partial charge in [-0.25, -0.2) is 8.42 Å². The number of ether oxygens (including phenoxy) is 1. The number of carbonyl (C=O) groups excluding carboxylic acids is 1. The Morgan fingerprint density at radius 2 is 2.00 bits per heavy atom. The number of methoxy groups -OCH3 is 1. The van der Waals surface area contributed by atoms with E-state index in [1.807, 2.05) is 18.4 Å². The number of rotatable bonds is 5. The standard InChI is InChI=1S/C18H19Cl2NO4S2/c1-11-3-5-26-16(11)9-21(13-4-6-27(23,24)10-13)18(22)12-7-14(19)17(25-2)15(20)8-12/h3,5,7-8,13H,4,6,9-10H2,1-2H3/t13-/m0/s1. The minimum absolute atomic E-state index is 0.0270. The summed E-state index contributed by atoms with van der Waals surface area (Å²) < 4.78 is 29.1. The van der Waals surface area contributed by atoms with Gasteiger partial charge in [0.15, 0.2) is 15.6 Å². The van der Waals surface area contributed by atoms with E-state index in [1.54, 1.807) is 16.2 Å². The van der Waals surface area contributed by atoms with Gasteiger partial charge in [-0.05, 0) is 42.5 Å². The molecule has 0 radical (unpaired) electrons. The zero-order valence-electron chi connectivity index (χ0n) is 14.9. The zero-order valence-corrected chi connectivity index (χ0v) is 18.0. The van der Waals surface area contributed by atoms with Gasteiger partial charge in [-0.15, -0.1) is 11.3 Å². The van der Waals surface area contributed by atoms with Crippen LogP contribution in [0.5, 0.6) is 5.75 Å². The third-order valence-corrected chi connectivity index (χ3v) is 7.96. The van der Waals surface area contributed by atoms with Crippen LogP contribution in [0.25, 0.3) is 0 Å². The average molecular weight is 448 g/mol. The van der Waals surface area contributed by atoms with E-state index in [4.69, 9.17) is 27.9 Å². The fourth-order valence-corrected chi connectivity index (χ4v) is 6.43. The first kappa shape index (κ1) is 20.5. The zero-order chi connectivity index (χ0) is 19.8. The van der Waals surface area contributed by atoms with Crippen molar-refractivity contribution in [2.75, 3.05) is 18.6 Å². The Balaban J connectivity index is 1.97. The highest BCUT2D eigenvalue weighted by atomic mass is 35.5. The van der Waals surface area contributed by atoms with Gasteiger partial charge in [0.25, 0.3) is 5.91 Å². The van der Waals surface area contributed by atoms with Crippen molar-refractivity contribution < 1.29 is 17.9 Å². The van der Waals surface area contributed by atoms with Crippen LogP contribution in [0.4, 0.5) is 0 Å². The van der Waals surface area contributed by atoms with E-state index < -0.39 is 9.84 Å². The molecule has 1 aromatic heterocycles. The maximum atomic E-state index is 13.3. The molecule has 3 rings (SSSR count). The Kier molecular flexibility index (Phi) is 6.05. The van der Waals surface area contributed by atoms with Gasteiger partial charge in [-0.1, -0.05) is 23.2 Å². The Morgan fingerprint density at radius 3 is 2.48 bits per heavy atom. The lowest BCUT2D eigenvalue weighted by molar-refractivity contribution is 0.0683. The molecule has 2 aromatic rings. The normalized spacial score (nSPS) is 18.4. The first-order chi connectivity index (χ1) is 12.7. The van der Waals surface area contributed by atoms with Crippen LogP contribution in [0.2, 0.25) is 10.0 Å². The van der Waals surface area contributed by atoms with E-state index in [1.165, 1.54) is 19.2 Å². The fraction of sp³-hybridized carbons (Fsp3) is 0.389. The van der Waals surface area contributed by atoms with E-state index >= 15 is 0 Å². The Labute approximate surface area is 172 Å². The lowest BCUT2D eigenvalue weighted by atomic mass is 10.1. The maximum absolute atomic E-state index is 13.3. The van der Waals surface area contributed by atoms with Crippen LogP contribution in [0.3, 0.4) is 0 Å². The van der Waals surface area contributed by atoms with Crippen molar-refractivity contribution in [1.82, 2.24) is 4.90 Å². The number of nitrogens with zero attached hydrogens (tertiary/aromatic N) is 1. The molecule has 1 atom stereocenters. The van der Waals surface area contributed by atoms with Crippen LogP contribution in [0, 0.1) is 6.92 Å². The fourth-order valence-electron chi connectivity index (χ4n) is 3.15. The third-order valence-electron chi connectivity index (χ3n) is 4.64. The van der Waals surface area contributed by atoms with Gasteiger partial charge in [0, 0.05) is 16.5 Å². The summed E-state index contributed by atoms with van der Waals surface area (Å²) in [5.74, 6) is 0.0748. The molecule has 0 unspecified atom stereocenters. The van der Waals surface area contributed by atoms with Crippen LogP contribution < -0.4 is 4.74 Å². The van der Waals surface area contributed by atoms with Crippen molar-refractivity contribution in [1.29, 1.82) is 0 Å². The SMILES string of the molecule is COc1c(Cl)cc(C(=O)N(Cc2sccc2C)[C@H]2CCS(=O)(=O)C2)cc1Cl. The van der Waals surface area contributed by atoms with Crippen LogP contribution >= 0.6 is 34.5 Å². The smallest absolute Gasteiger partial charge is 0.254 e. The highest BCUT2D eigenvalue weighted by molar-refractivity contribution is 7.91. The summed E-state index contributed by atoms with van der Waals surface area (Å²) >= 11 is 13.9. The van der Waals surface area contributed by atoms with Gasteiger partial charge in [0.2, 0.25) is 0 Å². The second-order valence-corrected chi connectivity index (χ2v) is 10.5. The van der Waals surface area contributed by atoms with Gasteiger partial charge in [0.05, 0.1) is 35.2 Å². The number of benzene rings is 1. The number of sulfone groups is 1. The first-order valence-corrected chi connectivity index (χ1v) is 11.7. The van der Waals surface area contributed by atoms with E-state index in [9.17, 15) is 13.2 Å². The van der Waals surface area contributed by atoms with Gasteiger partial charge in [-0.3, -0.25) is 4.79 Å². The Hall–Kier alpha value is -1.28. The molecule has 1 fully saturated rings. The molecule has 5 nitrogen and oxygen atoms in total. The summed E-state index contributed by atoms with van der Waals surface area (Å²) in [6.45, 7) is 2.32. The number of thiophene rings is 1. The van der Waals surface area contributed by atoms with E-state index in [-0.39, 0.29) is 33.5 Å². The molecular formula is C18H19Cl2NO4S2. The second-order valence-electron chi connectivity index (χ2n) is 6.49. The molecular weight excluding hydrogens is 429 g/mol. The molecule has 0 saturated carbocycles. The van der Waals surface area contributed by atoms with Crippen LogP contribution in [-0.4, -0.2) is 43.9 Å². The third kappa shape index (κ3) is 4.42. The predicted molar refractivity (Wildman–Crippen MR) is 109 cm³/mol. The molecule has 1 saturated heterocycles. The number of hydrogen-bond acceptors (Lipinski definition) is 5. The number of hydrogen-bond donors (Lipinski definition) is 0. The maximum Gasteiger partial charge on any atom is 0.254 e. The minimum Gasteiger partial charge on any atom is -0.494 e. The summed E-state index contributed by atoms with van der Waals surface area (Å²) in [5.41, 5.74) is 1.38. The molecule has 0 spiro atoms. The van der Waals surface area contributed by atoms with Crippen LogP contribution in [0.1, 0.15) is 27.2 Å². The van der Waals surface area contributed by atoms with Crippen molar-refractivity contribution in [2.24, 2.45) is 0 Å². The lowest BCUT2D eigenvalue weighted by Crippen LogP contribution is -2.40. The summed E-state index contributed by atoms with van der Waals surface area (Å²) in [6.07, 6.45) is 0.427. The highest BCUT2D eigenvalue weighted by Gasteiger charge is 2.35. The van der Waals surface area contributed by atoms with E-state index in [2.05, 4.69) is 0 Å². The van der Waals surface area contributed by atoms with Crippen molar-refractivity contribution in [3.63, 3.8) is 0 Å². The average Bonchev–Trinajstić information content (AvgIpc) is 3.16. The van der Waals surface area contributed by atoms with Crippen molar-refractivity contribution >= 4 is 50.3 Å². The second kappa shape index (κ2) is 7.99. The topological polar surface area (TPSA) is 63.7 Å². The van der Waals surface area contributed by atoms with E-state index in [0.717, 1.165) is 10.4 Å². The van der Waals surface area contributed by atoms with E-state index in [0.29, 0.717) is 24.3 Å². The molecule has 2 heterocycles. The summed E-state index contributed by atoms with van der Waals surface area (Å²) in [5, 5.41) is 2.43. The number of carbonyl (C=O) groups is 1. The van der Waals surface area contributed by atoms with Crippen LogP contribution in [-0.2, 0) is 16.4 Å². The molecule has 0 N–H and O–H groups in total. The Bertz CT molecular complexity index is 948. The van der Waals surface area contributed by atoms with Crippen LogP contribution in [0.15, 0.2) is 23.6 Å². The molecule has 1 amide bonds. The number of aryl methyl sites for hydroxylation is 1. The molecule has 1 aromatic carbocycles. The lowest BCUT2D eigenvalue weighted by Gasteiger charge is -2.28. The predicted octanol–water partition coefficient (Wildman–Crippen LogP) is 4.20. The highest BCUT2D eigenvalue weighted by Crippen LogP contribution is 2.35. The van der Waals surface area contributed by atoms with Crippen molar-refractivity contribution in [3.8, 4) is 5.75 Å². The molecule has 1 aliphatic rings. The van der Waals surface area contributed by atoms with Gasteiger partial charge in [0.1, 0.15) is 0 Å². The molecule has 0 aliphatic carbocycles. The molecule has 27 heavy (non-hydrogen) atoms. The minimum atomic E-state index is -3.13. The van der Waals surface area contributed by atoms with Gasteiger partial charge >= 0.3 is 0 Å². The first-order valence-electron chi connectivity index (χ1n) is 8.29. The van der Waals surface area contributed by atoms with Gasteiger partial charge in [-0.2, -0.15) is 0 Å². The molecule has 0 bridgehead atoms. The quantitative estimate of drug-likeness (QED) is 0.688. The van der Waals surface area contributed by atoms with Gasteiger partial charge < -0.3 is 9.64 Å².